The predicted octanol–water partition coefficient (Wildman–Crippen LogP) is 0.774. The number of aliphatic hydroxyl groups is 1. The second-order valence-electron chi connectivity index (χ2n) is 1.62. The Labute approximate surface area is 48.3 Å². The van der Waals surface area contributed by atoms with Crippen LogP contribution in [0.2, 0.25) is 0 Å². The molecule has 46 valence electrons. The Morgan fingerprint density at radius 1 is 1.50 bits per heavy atom. The van der Waals surface area contributed by atoms with Crippen molar-refractivity contribution in [2.45, 2.75) is 13.8 Å². The summed E-state index contributed by atoms with van der Waals surface area (Å²) in [5.41, 5.74) is 5.44. The van der Waals surface area contributed by atoms with E-state index in [1.807, 2.05) is 0 Å². The maximum atomic E-state index is 8.65. The van der Waals surface area contributed by atoms with E-state index in [9.17, 15) is 0 Å². The molecule has 0 spiro atoms. The Bertz CT molecular complexity index is 133. The third kappa shape index (κ3) is 1.64. The van der Waals surface area contributed by atoms with Gasteiger partial charge in [-0.3, -0.25) is 5.41 Å². The quantitative estimate of drug-likeness (QED) is 0.268. The van der Waals surface area contributed by atoms with Gasteiger partial charge in [0, 0.05) is 5.57 Å². The van der Waals surface area contributed by atoms with Crippen LogP contribution in [0.4, 0.5) is 0 Å². The van der Waals surface area contributed by atoms with Crippen molar-refractivity contribution in [2.75, 3.05) is 0 Å². The summed E-state index contributed by atoms with van der Waals surface area (Å²) in [6, 6.07) is 0. The normalized spacial score (nSPS) is 12.8. The molecule has 0 aromatic carbocycles. The minimum Gasteiger partial charge on any atom is -0.512 e. The lowest BCUT2D eigenvalue weighted by Crippen LogP contribution is -2.11. The van der Waals surface area contributed by atoms with Crippen LogP contribution in [-0.2, 0) is 0 Å². The third-order valence-corrected chi connectivity index (χ3v) is 0.947. The van der Waals surface area contributed by atoms with Crippen LogP contribution in [0.15, 0.2) is 11.3 Å². The van der Waals surface area contributed by atoms with Gasteiger partial charge in [0.15, 0.2) is 0 Å². The number of hydrogen-bond acceptors (Lipinski definition) is 2. The van der Waals surface area contributed by atoms with Crippen LogP contribution in [0.1, 0.15) is 13.8 Å². The van der Waals surface area contributed by atoms with E-state index in [2.05, 4.69) is 0 Å². The van der Waals surface area contributed by atoms with Crippen LogP contribution in [0.5, 0.6) is 0 Å². The van der Waals surface area contributed by atoms with Gasteiger partial charge in [0.1, 0.15) is 5.84 Å². The summed E-state index contributed by atoms with van der Waals surface area (Å²) in [6.45, 7) is 3.09. The second kappa shape index (κ2) is 2.35. The van der Waals surface area contributed by atoms with Gasteiger partial charge in [-0.25, -0.2) is 0 Å². The van der Waals surface area contributed by atoms with E-state index in [1.54, 1.807) is 6.92 Å². The zero-order valence-corrected chi connectivity index (χ0v) is 5.02. The molecule has 0 radical (unpaired) electrons. The molecule has 0 saturated heterocycles. The number of hydrogen-bond donors (Lipinski definition) is 3. The maximum Gasteiger partial charge on any atom is 0.121 e. The van der Waals surface area contributed by atoms with Gasteiger partial charge in [-0.1, -0.05) is 0 Å². The summed E-state index contributed by atoms with van der Waals surface area (Å²) in [5.74, 6) is 0.0301. The van der Waals surface area contributed by atoms with Crippen LogP contribution < -0.4 is 5.73 Å². The predicted molar refractivity (Wildman–Crippen MR) is 32.9 cm³/mol. The first-order valence-electron chi connectivity index (χ1n) is 2.26. The highest BCUT2D eigenvalue weighted by Gasteiger charge is 1.94. The molecule has 0 atom stereocenters. The molecule has 0 fully saturated rings. The largest absolute Gasteiger partial charge is 0.512 e. The van der Waals surface area contributed by atoms with Gasteiger partial charge in [-0.2, -0.15) is 0 Å². The molecule has 3 nitrogen and oxygen atoms in total. The van der Waals surface area contributed by atoms with E-state index in [4.69, 9.17) is 16.2 Å². The van der Waals surface area contributed by atoms with Crippen molar-refractivity contribution < 1.29 is 5.11 Å². The van der Waals surface area contributed by atoms with E-state index >= 15 is 0 Å². The Hall–Kier alpha value is -0.990. The molecule has 0 saturated carbocycles. The summed E-state index contributed by atoms with van der Waals surface area (Å²) < 4.78 is 0. The SMILES string of the molecule is C/C(O)=C(\C)C(=N)N. The van der Waals surface area contributed by atoms with Crippen molar-refractivity contribution >= 4 is 5.84 Å². The highest BCUT2D eigenvalue weighted by atomic mass is 16.3. The molecule has 0 rings (SSSR count). The van der Waals surface area contributed by atoms with Crippen molar-refractivity contribution in [3.63, 3.8) is 0 Å². The number of allylic oxidation sites excluding steroid dienone is 1. The molecule has 4 N–H and O–H groups in total. The number of amidine groups is 1. The maximum absolute atomic E-state index is 8.65. The van der Waals surface area contributed by atoms with Gasteiger partial charge in [0.25, 0.3) is 0 Å². The molecule has 3 heteroatoms. The molecule has 8 heavy (non-hydrogen) atoms. The lowest BCUT2D eigenvalue weighted by atomic mass is 10.2. The fourth-order valence-corrected chi connectivity index (χ4v) is 0.195. The highest BCUT2D eigenvalue weighted by molar-refractivity contribution is 5.94. The van der Waals surface area contributed by atoms with Crippen molar-refractivity contribution in [3.05, 3.63) is 11.3 Å². The summed E-state index contributed by atoms with van der Waals surface area (Å²) in [6.07, 6.45) is 0. The van der Waals surface area contributed by atoms with Crippen molar-refractivity contribution in [1.82, 2.24) is 0 Å². The standard InChI is InChI=1S/C5H10N2O/c1-3(4(2)8)5(6)7/h8H,1-2H3,(H3,6,7)/b4-3-. The van der Waals surface area contributed by atoms with Gasteiger partial charge in [-0.05, 0) is 13.8 Å². The van der Waals surface area contributed by atoms with E-state index < -0.39 is 0 Å². The molecule has 0 aromatic heterocycles. The first-order chi connectivity index (χ1) is 3.55. The van der Waals surface area contributed by atoms with Crippen LogP contribution in [-0.4, -0.2) is 10.9 Å². The molecule has 0 aliphatic carbocycles. The summed E-state index contributed by atoms with van der Waals surface area (Å²) >= 11 is 0. The van der Waals surface area contributed by atoms with Crippen LogP contribution in [0, 0.1) is 5.41 Å². The van der Waals surface area contributed by atoms with Crippen molar-refractivity contribution in [2.24, 2.45) is 5.73 Å². The topological polar surface area (TPSA) is 70.1 Å². The van der Waals surface area contributed by atoms with Crippen molar-refractivity contribution in [1.29, 1.82) is 5.41 Å². The average Bonchev–Trinajstić information content (AvgIpc) is 1.64. The zero-order chi connectivity index (χ0) is 6.73. The molecular formula is C5H10N2O. The van der Waals surface area contributed by atoms with Crippen LogP contribution in [0.25, 0.3) is 0 Å². The Balaban J connectivity index is 4.23. The summed E-state index contributed by atoms with van der Waals surface area (Å²) in [5, 5.41) is 15.4. The number of aliphatic hydroxyl groups excluding tert-OH is 1. The molecule has 0 amide bonds. The van der Waals surface area contributed by atoms with Gasteiger partial charge in [-0.15, -0.1) is 0 Å². The smallest absolute Gasteiger partial charge is 0.121 e. The minimum atomic E-state index is -0.0787. The lowest BCUT2D eigenvalue weighted by Gasteiger charge is -1.96. The molecule has 0 heterocycles. The van der Waals surface area contributed by atoms with Gasteiger partial charge in [0.05, 0.1) is 5.76 Å². The van der Waals surface area contributed by atoms with Crippen LogP contribution >= 0.6 is 0 Å². The molecule has 0 bridgehead atoms. The van der Waals surface area contributed by atoms with Gasteiger partial charge in [0.2, 0.25) is 0 Å². The first kappa shape index (κ1) is 7.01. The van der Waals surface area contributed by atoms with Crippen molar-refractivity contribution in [3.8, 4) is 0 Å². The Morgan fingerprint density at radius 2 is 1.88 bits per heavy atom. The van der Waals surface area contributed by atoms with E-state index in [-0.39, 0.29) is 11.6 Å². The number of rotatable bonds is 1. The first-order valence-corrected chi connectivity index (χ1v) is 2.26. The molecule has 0 aliphatic rings. The Kier molecular flexibility index (Phi) is 2.06. The van der Waals surface area contributed by atoms with E-state index in [1.165, 1.54) is 6.92 Å². The summed E-state index contributed by atoms with van der Waals surface area (Å²) in [7, 11) is 0. The van der Waals surface area contributed by atoms with Crippen LogP contribution in [0.3, 0.4) is 0 Å². The van der Waals surface area contributed by atoms with E-state index in [0.717, 1.165) is 0 Å². The third-order valence-electron chi connectivity index (χ3n) is 0.947. The number of nitrogens with one attached hydrogen (secondary N) is 1. The minimum absolute atomic E-state index is 0.0787. The fraction of sp³-hybridized carbons (Fsp3) is 0.400. The van der Waals surface area contributed by atoms with Gasteiger partial charge < -0.3 is 10.8 Å². The monoisotopic (exact) mass is 114 g/mol. The number of nitrogens with two attached hydrogens (primary N) is 1. The fourth-order valence-electron chi connectivity index (χ4n) is 0.195. The highest BCUT2D eigenvalue weighted by Crippen LogP contribution is 1.95. The Morgan fingerprint density at radius 3 is 1.88 bits per heavy atom. The van der Waals surface area contributed by atoms with Gasteiger partial charge >= 0.3 is 0 Å². The molecular weight excluding hydrogens is 104 g/mol. The average molecular weight is 114 g/mol. The second-order valence-corrected chi connectivity index (χ2v) is 1.62. The zero-order valence-electron chi connectivity index (χ0n) is 5.02. The van der Waals surface area contributed by atoms with E-state index in [0.29, 0.717) is 5.57 Å². The lowest BCUT2D eigenvalue weighted by molar-refractivity contribution is 0.410. The molecule has 0 aliphatic heterocycles. The molecule has 0 aromatic rings. The summed E-state index contributed by atoms with van der Waals surface area (Å²) in [4.78, 5) is 0. The molecule has 0 unspecified atom stereocenters.